The number of rotatable bonds is 6. The van der Waals surface area contributed by atoms with Gasteiger partial charge in [0.1, 0.15) is 0 Å². The molecular weight excluding hydrogens is 372 g/mol. The van der Waals surface area contributed by atoms with E-state index in [-0.39, 0.29) is 5.54 Å². The van der Waals surface area contributed by atoms with E-state index in [0.29, 0.717) is 11.5 Å². The maximum Gasteiger partial charge on any atom is 0.193 e. The number of nitrogens with zero attached hydrogens (tertiary/aromatic N) is 2. The van der Waals surface area contributed by atoms with Crippen LogP contribution in [0.15, 0.2) is 35.3 Å². The number of likely N-dealkylation sites (tertiary alicyclic amines) is 1. The predicted molar refractivity (Wildman–Crippen MR) is 124 cm³/mol. The zero-order chi connectivity index (χ0) is 20.9. The van der Waals surface area contributed by atoms with E-state index in [1.165, 1.54) is 44.2 Å². The second kappa shape index (κ2) is 9.69. The van der Waals surface area contributed by atoms with Crippen LogP contribution in [-0.4, -0.2) is 55.8 Å². The maximum absolute atomic E-state index is 5.71. The Balaban J connectivity index is 1.47. The third-order valence-corrected chi connectivity index (χ3v) is 7.54. The average molecular weight is 413 g/mol. The summed E-state index contributed by atoms with van der Waals surface area (Å²) in [5.41, 5.74) is 1.90. The summed E-state index contributed by atoms with van der Waals surface area (Å²) in [7, 11) is 0. The van der Waals surface area contributed by atoms with Gasteiger partial charge in [-0.15, -0.1) is 0 Å². The van der Waals surface area contributed by atoms with Crippen molar-refractivity contribution in [3.63, 3.8) is 0 Å². The van der Waals surface area contributed by atoms with Crippen LogP contribution >= 0.6 is 0 Å². The Kier molecular flexibility index (Phi) is 6.99. The molecule has 5 heteroatoms. The van der Waals surface area contributed by atoms with Crippen LogP contribution in [0.5, 0.6) is 0 Å². The fourth-order valence-corrected chi connectivity index (χ4v) is 5.70. The number of hydrogen-bond acceptors (Lipinski definition) is 3. The molecule has 1 atom stereocenters. The highest BCUT2D eigenvalue weighted by Crippen LogP contribution is 2.45. The number of hydrogen-bond donors (Lipinski definition) is 2. The van der Waals surface area contributed by atoms with Gasteiger partial charge in [0.15, 0.2) is 5.96 Å². The molecule has 0 amide bonds. The van der Waals surface area contributed by atoms with Crippen LogP contribution < -0.4 is 10.6 Å². The minimum atomic E-state index is -0.00104. The van der Waals surface area contributed by atoms with E-state index in [0.717, 1.165) is 51.6 Å². The topological polar surface area (TPSA) is 48.9 Å². The molecule has 1 saturated carbocycles. The summed E-state index contributed by atoms with van der Waals surface area (Å²) in [5, 5.41) is 7.54. The first kappa shape index (κ1) is 21.6. The van der Waals surface area contributed by atoms with E-state index in [4.69, 9.17) is 9.73 Å². The Morgan fingerprint density at radius 3 is 2.53 bits per heavy atom. The summed E-state index contributed by atoms with van der Waals surface area (Å²) in [6.45, 7) is 10.1. The molecule has 3 aliphatic rings. The number of aliphatic imine (C=N–C) groups is 1. The molecule has 1 aromatic carbocycles. The van der Waals surface area contributed by atoms with Crippen molar-refractivity contribution in [3.8, 4) is 0 Å². The van der Waals surface area contributed by atoms with Gasteiger partial charge in [0.2, 0.25) is 0 Å². The van der Waals surface area contributed by atoms with Crippen molar-refractivity contribution in [1.29, 1.82) is 0 Å². The lowest BCUT2D eigenvalue weighted by Gasteiger charge is -2.40. The van der Waals surface area contributed by atoms with E-state index in [9.17, 15) is 0 Å². The van der Waals surface area contributed by atoms with Crippen LogP contribution in [0.25, 0.3) is 0 Å². The number of ether oxygens (including phenoxy) is 1. The lowest BCUT2D eigenvalue weighted by Crippen LogP contribution is -2.53. The molecule has 166 valence electrons. The van der Waals surface area contributed by atoms with E-state index in [1.807, 2.05) is 0 Å². The predicted octanol–water partition coefficient (Wildman–Crippen LogP) is 4.12. The van der Waals surface area contributed by atoms with Crippen molar-refractivity contribution < 1.29 is 4.74 Å². The minimum Gasteiger partial charge on any atom is -0.381 e. The van der Waals surface area contributed by atoms with Gasteiger partial charge in [0, 0.05) is 44.4 Å². The molecule has 3 fully saturated rings. The average Bonchev–Trinajstić information content (AvgIpc) is 3.42. The lowest BCUT2D eigenvalue weighted by atomic mass is 9.86. The van der Waals surface area contributed by atoms with E-state index in [1.54, 1.807) is 0 Å². The van der Waals surface area contributed by atoms with Crippen LogP contribution in [-0.2, 0) is 4.74 Å². The highest BCUT2D eigenvalue weighted by molar-refractivity contribution is 5.80. The highest BCUT2D eigenvalue weighted by Gasteiger charge is 2.41. The first-order chi connectivity index (χ1) is 14.6. The molecule has 0 aromatic heterocycles. The van der Waals surface area contributed by atoms with E-state index < -0.39 is 0 Å². The molecule has 0 bridgehead atoms. The maximum atomic E-state index is 5.71. The third-order valence-electron chi connectivity index (χ3n) is 7.54. The second-order valence-electron chi connectivity index (χ2n) is 9.72. The molecule has 0 radical (unpaired) electrons. The Hall–Kier alpha value is -1.59. The third kappa shape index (κ3) is 5.00. The zero-order valence-corrected chi connectivity index (χ0v) is 19.0. The van der Waals surface area contributed by atoms with Gasteiger partial charge in [0.25, 0.3) is 0 Å². The van der Waals surface area contributed by atoms with Gasteiger partial charge in [0.05, 0.1) is 6.54 Å². The van der Waals surface area contributed by atoms with Crippen LogP contribution in [0.3, 0.4) is 0 Å². The molecule has 4 rings (SSSR count). The van der Waals surface area contributed by atoms with E-state index >= 15 is 0 Å². The largest absolute Gasteiger partial charge is 0.381 e. The number of guanidine groups is 1. The second-order valence-corrected chi connectivity index (χ2v) is 9.72. The smallest absolute Gasteiger partial charge is 0.193 e. The van der Waals surface area contributed by atoms with Gasteiger partial charge < -0.3 is 20.3 Å². The molecule has 2 saturated heterocycles. The van der Waals surface area contributed by atoms with Gasteiger partial charge >= 0.3 is 0 Å². The van der Waals surface area contributed by atoms with Gasteiger partial charge in [-0.25, -0.2) is 0 Å². The van der Waals surface area contributed by atoms with Crippen molar-refractivity contribution in [3.05, 3.63) is 35.9 Å². The molecular formula is C25H40N4O. The Morgan fingerprint density at radius 2 is 1.83 bits per heavy atom. The van der Waals surface area contributed by atoms with Crippen LogP contribution in [0.1, 0.15) is 70.4 Å². The van der Waals surface area contributed by atoms with Crippen molar-refractivity contribution in [2.45, 2.75) is 70.4 Å². The van der Waals surface area contributed by atoms with E-state index in [2.05, 4.69) is 59.7 Å². The molecule has 1 spiro atoms. The molecule has 5 nitrogen and oxygen atoms in total. The molecule has 30 heavy (non-hydrogen) atoms. The summed E-state index contributed by atoms with van der Waals surface area (Å²) in [6, 6.07) is 11.1. The molecule has 2 N–H and O–H groups in total. The van der Waals surface area contributed by atoms with Crippen molar-refractivity contribution in [1.82, 2.24) is 15.5 Å². The first-order valence-corrected chi connectivity index (χ1v) is 12.1. The monoisotopic (exact) mass is 412 g/mol. The SMILES string of the molecule is CCNC(=NCC1(NC(C)c2ccccc2)CCOCC1)N1CCC2(CCCC2)C1. The highest BCUT2D eigenvalue weighted by atomic mass is 16.5. The summed E-state index contributed by atoms with van der Waals surface area (Å²) < 4.78 is 5.71. The molecule has 2 heterocycles. The summed E-state index contributed by atoms with van der Waals surface area (Å²) >= 11 is 0. The molecule has 1 unspecified atom stereocenters. The number of benzene rings is 1. The summed E-state index contributed by atoms with van der Waals surface area (Å²) in [4.78, 5) is 7.74. The van der Waals surface area contributed by atoms with Crippen molar-refractivity contribution >= 4 is 5.96 Å². The van der Waals surface area contributed by atoms with Crippen LogP contribution in [0.4, 0.5) is 0 Å². The molecule has 2 aliphatic heterocycles. The van der Waals surface area contributed by atoms with Gasteiger partial charge in [-0.05, 0) is 56.9 Å². The minimum absolute atomic E-state index is 0.00104. The fourth-order valence-electron chi connectivity index (χ4n) is 5.70. The summed E-state index contributed by atoms with van der Waals surface area (Å²) in [5.74, 6) is 1.11. The molecule has 1 aliphatic carbocycles. The van der Waals surface area contributed by atoms with Crippen molar-refractivity contribution in [2.75, 3.05) is 39.4 Å². The van der Waals surface area contributed by atoms with Gasteiger partial charge in [-0.3, -0.25) is 4.99 Å². The van der Waals surface area contributed by atoms with Crippen LogP contribution in [0.2, 0.25) is 0 Å². The number of nitrogens with one attached hydrogen (secondary N) is 2. The van der Waals surface area contributed by atoms with Gasteiger partial charge in [-0.1, -0.05) is 43.2 Å². The van der Waals surface area contributed by atoms with Crippen LogP contribution in [0, 0.1) is 5.41 Å². The lowest BCUT2D eigenvalue weighted by molar-refractivity contribution is 0.0373. The Morgan fingerprint density at radius 1 is 1.10 bits per heavy atom. The first-order valence-electron chi connectivity index (χ1n) is 12.1. The Bertz CT molecular complexity index is 692. The Labute approximate surface area is 182 Å². The quantitative estimate of drug-likeness (QED) is 0.545. The normalized spacial score (nSPS) is 24.3. The summed E-state index contributed by atoms with van der Waals surface area (Å²) in [6.07, 6.45) is 8.98. The van der Waals surface area contributed by atoms with Gasteiger partial charge in [-0.2, -0.15) is 0 Å². The molecule has 1 aromatic rings. The zero-order valence-electron chi connectivity index (χ0n) is 19.0. The fraction of sp³-hybridized carbons (Fsp3) is 0.720. The standard InChI is InChI=1S/C25H40N4O/c1-3-26-23(29-16-13-24(20-29)11-7-8-12-24)27-19-25(14-17-30-18-15-25)28-21(2)22-9-5-4-6-10-22/h4-6,9-10,21,28H,3,7-8,11-20H2,1-2H3,(H,26,27). The van der Waals surface area contributed by atoms with Crippen molar-refractivity contribution in [2.24, 2.45) is 10.4 Å².